The average molecular weight is 266 g/mol. The lowest BCUT2D eigenvalue weighted by molar-refractivity contribution is 0.0746. The van der Waals surface area contributed by atoms with Crippen molar-refractivity contribution in [3.05, 3.63) is 71.8 Å². The number of Topliss-reactive ketones (excluding diaryl/α,β-unsaturated/α-hetero) is 1. The van der Waals surface area contributed by atoms with E-state index in [9.17, 15) is 9.90 Å². The van der Waals surface area contributed by atoms with Gasteiger partial charge in [0.25, 0.3) is 0 Å². The van der Waals surface area contributed by atoms with Gasteiger partial charge in [0.15, 0.2) is 17.3 Å². The highest BCUT2D eigenvalue weighted by Gasteiger charge is 2.30. The molecule has 1 unspecified atom stereocenters. The number of allylic oxidation sites excluding steroid dienone is 1. The van der Waals surface area contributed by atoms with E-state index in [1.807, 2.05) is 6.07 Å². The third-order valence-corrected chi connectivity index (χ3v) is 3.37. The molecule has 1 N–H and O–H groups in total. The van der Waals surface area contributed by atoms with Crippen LogP contribution in [0.3, 0.4) is 0 Å². The Morgan fingerprint density at radius 2 is 2.00 bits per heavy atom. The molecule has 0 saturated heterocycles. The van der Waals surface area contributed by atoms with Gasteiger partial charge in [-0.25, -0.2) is 0 Å². The molecule has 2 aromatic carbocycles. The lowest BCUT2D eigenvalue weighted by Crippen LogP contribution is -2.13. The maximum atomic E-state index is 12.5. The molecule has 20 heavy (non-hydrogen) atoms. The van der Waals surface area contributed by atoms with Gasteiger partial charge in [0.05, 0.1) is 0 Å². The first-order valence-electron chi connectivity index (χ1n) is 6.44. The Bertz CT molecular complexity index is 674. The molecule has 0 aliphatic carbocycles. The smallest absolute Gasteiger partial charge is 0.196 e. The second kappa shape index (κ2) is 4.94. The monoisotopic (exact) mass is 266 g/mol. The van der Waals surface area contributed by atoms with E-state index in [4.69, 9.17) is 4.74 Å². The molecular weight excluding hydrogens is 252 g/mol. The maximum Gasteiger partial charge on any atom is 0.196 e. The average Bonchev–Trinajstić information content (AvgIpc) is 3.27. The highest BCUT2D eigenvalue weighted by Crippen LogP contribution is 2.49. The SMILES string of the molecule is C=CCc1c(C(=O)C(O)c2ccccc2)ccc2c1O2. The number of carbonyl (C=O) groups is 1. The standard InChI is InChI=1S/C17H14O3/c1-2-6-13-12(9-10-14-17(13)20-14)16(19)15(18)11-7-4-3-5-8-11/h2-5,7-10,15,18H,1,6H2. The van der Waals surface area contributed by atoms with Crippen molar-refractivity contribution < 1.29 is 14.6 Å². The molecule has 0 radical (unpaired) electrons. The number of hydrogen-bond acceptors (Lipinski definition) is 3. The van der Waals surface area contributed by atoms with Gasteiger partial charge >= 0.3 is 0 Å². The summed E-state index contributed by atoms with van der Waals surface area (Å²) in [5.74, 6) is 1.23. The lowest BCUT2D eigenvalue weighted by Gasteiger charge is -2.11. The van der Waals surface area contributed by atoms with Gasteiger partial charge < -0.3 is 9.84 Å². The summed E-state index contributed by atoms with van der Waals surface area (Å²) in [5, 5.41) is 10.2. The molecule has 1 atom stereocenters. The molecule has 0 amide bonds. The minimum Gasteiger partial charge on any atom is -0.449 e. The van der Waals surface area contributed by atoms with Crippen LogP contribution in [0.15, 0.2) is 55.1 Å². The number of carbonyl (C=O) groups excluding carboxylic acids is 1. The maximum absolute atomic E-state index is 12.5. The Morgan fingerprint density at radius 3 is 2.70 bits per heavy atom. The highest BCUT2D eigenvalue weighted by molar-refractivity contribution is 6.02. The second-order valence-corrected chi connectivity index (χ2v) is 4.69. The second-order valence-electron chi connectivity index (χ2n) is 4.69. The van der Waals surface area contributed by atoms with Crippen LogP contribution < -0.4 is 4.74 Å². The molecule has 0 spiro atoms. The van der Waals surface area contributed by atoms with Gasteiger partial charge in [-0.2, -0.15) is 0 Å². The van der Waals surface area contributed by atoms with Gasteiger partial charge in [0.1, 0.15) is 6.10 Å². The van der Waals surface area contributed by atoms with Crippen molar-refractivity contribution in [1.29, 1.82) is 0 Å². The molecule has 1 heterocycles. The Morgan fingerprint density at radius 1 is 1.25 bits per heavy atom. The summed E-state index contributed by atoms with van der Waals surface area (Å²) in [6.45, 7) is 3.69. The van der Waals surface area contributed by atoms with Crippen molar-refractivity contribution in [3.8, 4) is 11.5 Å². The Kier molecular flexibility index (Phi) is 3.12. The van der Waals surface area contributed by atoms with Crippen LogP contribution in [-0.2, 0) is 6.42 Å². The third kappa shape index (κ3) is 2.12. The number of hydrogen-bond donors (Lipinski definition) is 1. The molecule has 0 aromatic heterocycles. The van der Waals surface area contributed by atoms with Gasteiger partial charge in [0.2, 0.25) is 0 Å². The van der Waals surface area contributed by atoms with Crippen LogP contribution in [0.2, 0.25) is 0 Å². The van der Waals surface area contributed by atoms with Gasteiger partial charge in [-0.3, -0.25) is 4.79 Å². The van der Waals surface area contributed by atoms with Crippen LogP contribution in [-0.4, -0.2) is 10.9 Å². The first-order valence-corrected chi connectivity index (χ1v) is 6.44. The van der Waals surface area contributed by atoms with Gasteiger partial charge in [-0.1, -0.05) is 36.4 Å². The molecule has 3 nitrogen and oxygen atoms in total. The quantitative estimate of drug-likeness (QED) is 0.437. The topological polar surface area (TPSA) is 49.8 Å². The molecule has 100 valence electrons. The van der Waals surface area contributed by atoms with Crippen LogP contribution in [0.4, 0.5) is 0 Å². The highest BCUT2D eigenvalue weighted by atomic mass is 16.6. The number of benzene rings is 2. The number of aliphatic hydroxyl groups excluding tert-OH is 1. The van der Waals surface area contributed by atoms with Crippen molar-refractivity contribution in [1.82, 2.24) is 0 Å². The molecule has 1 aliphatic rings. The lowest BCUT2D eigenvalue weighted by atomic mass is 9.95. The zero-order valence-electron chi connectivity index (χ0n) is 10.9. The van der Waals surface area contributed by atoms with E-state index >= 15 is 0 Å². The largest absolute Gasteiger partial charge is 0.449 e. The van der Waals surface area contributed by atoms with Gasteiger partial charge in [-0.05, 0) is 24.1 Å². The van der Waals surface area contributed by atoms with Gasteiger partial charge in [-0.15, -0.1) is 6.58 Å². The summed E-state index contributed by atoms with van der Waals surface area (Å²) in [6, 6.07) is 12.4. The fourth-order valence-corrected chi connectivity index (χ4v) is 2.30. The molecule has 0 bridgehead atoms. The molecule has 1 aliphatic heterocycles. The van der Waals surface area contributed by atoms with E-state index < -0.39 is 6.10 Å². The minimum absolute atomic E-state index is 0.314. The fraction of sp³-hybridized carbons (Fsp3) is 0.118. The van der Waals surface area contributed by atoms with Crippen molar-refractivity contribution in [3.63, 3.8) is 0 Å². The minimum atomic E-state index is -1.16. The molecule has 0 fully saturated rings. The van der Waals surface area contributed by atoms with Crippen molar-refractivity contribution in [2.45, 2.75) is 12.5 Å². The van der Waals surface area contributed by atoms with E-state index in [2.05, 4.69) is 6.58 Å². The van der Waals surface area contributed by atoms with E-state index in [-0.39, 0.29) is 5.78 Å². The molecule has 3 rings (SSSR count). The Labute approximate surface area is 117 Å². The summed E-state index contributed by atoms with van der Waals surface area (Å²) >= 11 is 0. The van der Waals surface area contributed by atoms with Crippen molar-refractivity contribution in [2.24, 2.45) is 0 Å². The number of rotatable bonds is 5. The number of fused-ring (bicyclic) bond motifs is 1. The zero-order chi connectivity index (χ0) is 14.1. The summed E-state index contributed by atoms with van der Waals surface area (Å²) in [4.78, 5) is 12.5. The predicted octanol–water partition coefficient (Wildman–Crippen LogP) is 3.44. The predicted molar refractivity (Wildman–Crippen MR) is 76.1 cm³/mol. The molecule has 3 heteroatoms. The van der Waals surface area contributed by atoms with Crippen molar-refractivity contribution in [2.75, 3.05) is 0 Å². The summed E-state index contributed by atoms with van der Waals surface area (Å²) < 4.78 is 5.32. The number of ketones is 1. The first-order chi connectivity index (χ1) is 9.72. The van der Waals surface area contributed by atoms with Gasteiger partial charge in [0, 0.05) is 11.1 Å². The van der Waals surface area contributed by atoms with Crippen LogP contribution >= 0.6 is 0 Å². The van der Waals surface area contributed by atoms with Crippen LogP contribution in [0.25, 0.3) is 0 Å². The third-order valence-electron chi connectivity index (χ3n) is 3.37. The first kappa shape index (κ1) is 12.6. The Hall–Kier alpha value is -2.39. The fourth-order valence-electron chi connectivity index (χ4n) is 2.30. The van der Waals surface area contributed by atoms with E-state index in [1.165, 1.54) is 0 Å². The molecule has 2 aromatic rings. The van der Waals surface area contributed by atoms with Crippen LogP contribution in [0, 0.1) is 0 Å². The van der Waals surface area contributed by atoms with E-state index in [0.29, 0.717) is 17.5 Å². The summed E-state index contributed by atoms with van der Waals surface area (Å²) in [6.07, 6.45) is 1.12. The van der Waals surface area contributed by atoms with Crippen LogP contribution in [0.1, 0.15) is 27.6 Å². The molecular formula is C17H14O3. The number of ether oxygens (including phenoxy) is 1. The Balaban J connectivity index is 1.96. The van der Waals surface area contributed by atoms with E-state index in [1.54, 1.807) is 42.5 Å². The van der Waals surface area contributed by atoms with Crippen molar-refractivity contribution >= 4 is 5.78 Å². The zero-order valence-corrected chi connectivity index (χ0v) is 10.9. The van der Waals surface area contributed by atoms with Crippen LogP contribution in [0.5, 0.6) is 11.5 Å². The summed E-state index contributed by atoms with van der Waals surface area (Å²) in [7, 11) is 0. The van der Waals surface area contributed by atoms with E-state index in [0.717, 1.165) is 17.1 Å². The summed E-state index contributed by atoms with van der Waals surface area (Å²) in [5.41, 5.74) is 1.89. The molecule has 0 saturated carbocycles. The number of aliphatic hydroxyl groups is 1. The normalized spacial score (nSPS) is 13.1.